The Balaban J connectivity index is 2.01. The second-order valence-corrected chi connectivity index (χ2v) is 5.72. The fraction of sp³-hybridized carbons (Fsp3) is 0.938. The van der Waals surface area contributed by atoms with E-state index < -0.39 is 0 Å². The van der Waals surface area contributed by atoms with Crippen LogP contribution in [-0.4, -0.2) is 36.5 Å². The molecule has 1 saturated heterocycles. The molecule has 0 radical (unpaired) electrons. The number of carbonyl (C=O) groups excluding carboxylic acids is 1. The Hall–Kier alpha value is -0.570. The number of hydrogen-bond acceptors (Lipinski definition) is 2. The number of rotatable bonds is 10. The number of piperazine rings is 1. The highest BCUT2D eigenvalue weighted by Crippen LogP contribution is 2.10. The van der Waals surface area contributed by atoms with Crippen molar-refractivity contribution in [2.75, 3.05) is 19.6 Å². The zero-order valence-corrected chi connectivity index (χ0v) is 12.9. The Morgan fingerprint density at radius 3 is 2.32 bits per heavy atom. The normalized spacial score (nSPS) is 20.0. The lowest BCUT2D eigenvalue weighted by Gasteiger charge is -2.32. The monoisotopic (exact) mass is 268 g/mol. The van der Waals surface area contributed by atoms with Crippen LogP contribution in [0.1, 0.15) is 71.6 Å². The van der Waals surface area contributed by atoms with Crippen LogP contribution in [0.15, 0.2) is 0 Å². The van der Waals surface area contributed by atoms with E-state index in [-0.39, 0.29) is 6.04 Å². The van der Waals surface area contributed by atoms with Gasteiger partial charge in [0.25, 0.3) is 0 Å². The van der Waals surface area contributed by atoms with Gasteiger partial charge in [0.2, 0.25) is 5.91 Å². The largest absolute Gasteiger partial charge is 0.340 e. The van der Waals surface area contributed by atoms with Gasteiger partial charge in [0.15, 0.2) is 0 Å². The van der Waals surface area contributed by atoms with Crippen molar-refractivity contribution >= 4 is 5.91 Å². The summed E-state index contributed by atoms with van der Waals surface area (Å²) >= 11 is 0. The molecule has 112 valence electrons. The van der Waals surface area contributed by atoms with Crippen molar-refractivity contribution in [1.82, 2.24) is 10.2 Å². The van der Waals surface area contributed by atoms with E-state index in [9.17, 15) is 4.79 Å². The summed E-state index contributed by atoms with van der Waals surface area (Å²) < 4.78 is 0. The van der Waals surface area contributed by atoms with Crippen molar-refractivity contribution in [3.8, 4) is 0 Å². The maximum atomic E-state index is 12.1. The standard InChI is InChI=1S/C16H32N2O/c1-3-5-6-7-8-9-10-11-13-18-14-12-17-15(4-2)16(18)19/h15,17H,3-14H2,1-2H3. The van der Waals surface area contributed by atoms with Gasteiger partial charge in [0.1, 0.15) is 0 Å². The summed E-state index contributed by atoms with van der Waals surface area (Å²) in [5.41, 5.74) is 0. The molecule has 19 heavy (non-hydrogen) atoms. The topological polar surface area (TPSA) is 32.3 Å². The van der Waals surface area contributed by atoms with Gasteiger partial charge in [-0.3, -0.25) is 4.79 Å². The van der Waals surface area contributed by atoms with E-state index in [1.807, 2.05) is 0 Å². The van der Waals surface area contributed by atoms with Crippen molar-refractivity contribution in [2.24, 2.45) is 0 Å². The number of carbonyl (C=O) groups is 1. The fourth-order valence-electron chi connectivity index (χ4n) is 2.77. The van der Waals surface area contributed by atoms with Gasteiger partial charge >= 0.3 is 0 Å². The maximum Gasteiger partial charge on any atom is 0.239 e. The first-order valence-corrected chi connectivity index (χ1v) is 8.31. The Morgan fingerprint density at radius 2 is 1.68 bits per heavy atom. The van der Waals surface area contributed by atoms with Gasteiger partial charge < -0.3 is 10.2 Å². The highest BCUT2D eigenvalue weighted by molar-refractivity contribution is 5.82. The molecule has 0 aromatic rings. The van der Waals surface area contributed by atoms with Gasteiger partial charge in [0, 0.05) is 19.6 Å². The molecule has 0 spiro atoms. The second-order valence-electron chi connectivity index (χ2n) is 5.72. The molecule has 1 heterocycles. The number of nitrogens with one attached hydrogen (secondary N) is 1. The van der Waals surface area contributed by atoms with Gasteiger partial charge in [-0.2, -0.15) is 0 Å². The summed E-state index contributed by atoms with van der Waals surface area (Å²) in [7, 11) is 0. The van der Waals surface area contributed by atoms with Gasteiger partial charge in [-0.1, -0.05) is 58.8 Å². The maximum absolute atomic E-state index is 12.1. The minimum Gasteiger partial charge on any atom is -0.340 e. The predicted octanol–water partition coefficient (Wildman–Crippen LogP) is 3.34. The van der Waals surface area contributed by atoms with Crippen LogP contribution in [0, 0.1) is 0 Å². The lowest BCUT2D eigenvalue weighted by Crippen LogP contribution is -2.54. The molecule has 1 rings (SSSR count). The average molecular weight is 268 g/mol. The molecule has 1 fully saturated rings. The molecule has 0 aromatic heterocycles. The fourth-order valence-corrected chi connectivity index (χ4v) is 2.77. The van der Waals surface area contributed by atoms with Gasteiger partial charge in [-0.15, -0.1) is 0 Å². The van der Waals surface area contributed by atoms with Crippen LogP contribution in [0.25, 0.3) is 0 Å². The highest BCUT2D eigenvalue weighted by atomic mass is 16.2. The lowest BCUT2D eigenvalue weighted by molar-refractivity contribution is -0.135. The van der Waals surface area contributed by atoms with Crippen LogP contribution in [0.4, 0.5) is 0 Å². The first-order valence-electron chi connectivity index (χ1n) is 8.31. The molecule has 1 aliphatic rings. The molecule has 1 N–H and O–H groups in total. The third-order valence-electron chi connectivity index (χ3n) is 4.07. The van der Waals surface area contributed by atoms with E-state index in [0.717, 1.165) is 26.1 Å². The third kappa shape index (κ3) is 6.42. The van der Waals surface area contributed by atoms with Crippen LogP contribution < -0.4 is 5.32 Å². The summed E-state index contributed by atoms with van der Waals surface area (Å²) in [5, 5.41) is 3.29. The molecular weight excluding hydrogens is 236 g/mol. The third-order valence-corrected chi connectivity index (χ3v) is 4.07. The van der Waals surface area contributed by atoms with Crippen LogP contribution in [0.2, 0.25) is 0 Å². The highest BCUT2D eigenvalue weighted by Gasteiger charge is 2.25. The van der Waals surface area contributed by atoms with Crippen molar-refractivity contribution in [3.63, 3.8) is 0 Å². The minimum atomic E-state index is 0.0720. The molecule has 0 aromatic carbocycles. The van der Waals surface area contributed by atoms with Crippen molar-refractivity contribution in [2.45, 2.75) is 77.7 Å². The Kier molecular flexibility index (Phi) is 8.89. The number of nitrogens with zero attached hydrogens (tertiary/aromatic N) is 1. The van der Waals surface area contributed by atoms with Gasteiger partial charge in [0.05, 0.1) is 6.04 Å². The van der Waals surface area contributed by atoms with E-state index in [1.54, 1.807) is 0 Å². The van der Waals surface area contributed by atoms with Crippen LogP contribution in [0.3, 0.4) is 0 Å². The second kappa shape index (κ2) is 10.2. The van der Waals surface area contributed by atoms with E-state index in [1.165, 1.54) is 51.4 Å². The molecule has 0 saturated carbocycles. The van der Waals surface area contributed by atoms with Crippen LogP contribution >= 0.6 is 0 Å². The molecule has 1 unspecified atom stereocenters. The zero-order chi connectivity index (χ0) is 13.9. The van der Waals surface area contributed by atoms with Gasteiger partial charge in [-0.05, 0) is 12.8 Å². The molecule has 3 heteroatoms. The van der Waals surface area contributed by atoms with Crippen LogP contribution in [-0.2, 0) is 4.79 Å². The number of unbranched alkanes of at least 4 members (excludes halogenated alkanes) is 7. The molecule has 1 atom stereocenters. The molecule has 1 amide bonds. The Labute approximate surface area is 119 Å². The van der Waals surface area contributed by atoms with Crippen molar-refractivity contribution in [3.05, 3.63) is 0 Å². The Morgan fingerprint density at radius 1 is 1.05 bits per heavy atom. The Bertz CT molecular complexity index is 243. The lowest BCUT2D eigenvalue weighted by atomic mass is 10.1. The summed E-state index contributed by atoms with van der Waals surface area (Å²) in [6.45, 7) is 7.16. The molecule has 3 nitrogen and oxygen atoms in total. The summed E-state index contributed by atoms with van der Waals surface area (Å²) in [6, 6.07) is 0.0720. The summed E-state index contributed by atoms with van der Waals surface area (Å²) in [6.07, 6.45) is 11.6. The van der Waals surface area contributed by atoms with E-state index >= 15 is 0 Å². The summed E-state index contributed by atoms with van der Waals surface area (Å²) in [5.74, 6) is 0.316. The number of hydrogen-bond donors (Lipinski definition) is 1. The predicted molar refractivity (Wildman–Crippen MR) is 81.3 cm³/mol. The SMILES string of the molecule is CCCCCCCCCCN1CCNC(CC)C1=O. The first kappa shape index (κ1) is 16.5. The van der Waals surface area contributed by atoms with Crippen molar-refractivity contribution in [1.29, 1.82) is 0 Å². The molecular formula is C16H32N2O. The number of amides is 1. The molecule has 1 aliphatic heterocycles. The van der Waals surface area contributed by atoms with Crippen LogP contribution in [0.5, 0.6) is 0 Å². The first-order chi connectivity index (χ1) is 9.29. The van der Waals surface area contributed by atoms with Gasteiger partial charge in [-0.25, -0.2) is 0 Å². The zero-order valence-electron chi connectivity index (χ0n) is 12.9. The smallest absolute Gasteiger partial charge is 0.239 e. The minimum absolute atomic E-state index is 0.0720. The van der Waals surface area contributed by atoms with E-state index in [4.69, 9.17) is 0 Å². The molecule has 0 bridgehead atoms. The van der Waals surface area contributed by atoms with Crippen molar-refractivity contribution < 1.29 is 4.79 Å². The quantitative estimate of drug-likeness (QED) is 0.616. The average Bonchev–Trinajstić information content (AvgIpc) is 2.43. The van der Waals surface area contributed by atoms with E-state index in [0.29, 0.717) is 5.91 Å². The summed E-state index contributed by atoms with van der Waals surface area (Å²) in [4.78, 5) is 14.1. The molecule has 0 aliphatic carbocycles. The van der Waals surface area contributed by atoms with E-state index in [2.05, 4.69) is 24.1 Å².